The van der Waals surface area contributed by atoms with Gasteiger partial charge in [0.2, 0.25) is 0 Å². The SMILES string of the molecule is O=C(c1cnccn1)N1C[C@H]2CC(c3ccccc3C(F)(F)F)C[C@H]2C1. The Balaban J connectivity index is 1.47. The van der Waals surface area contributed by atoms with E-state index in [0.29, 0.717) is 37.2 Å². The van der Waals surface area contributed by atoms with Gasteiger partial charge in [0.1, 0.15) is 5.69 Å². The van der Waals surface area contributed by atoms with Gasteiger partial charge in [-0.25, -0.2) is 4.98 Å². The number of amides is 1. The third-order valence-electron chi connectivity index (χ3n) is 5.53. The van der Waals surface area contributed by atoms with Crippen LogP contribution in [0.15, 0.2) is 42.9 Å². The average Bonchev–Trinajstić information content (AvgIpc) is 3.20. The quantitative estimate of drug-likeness (QED) is 0.818. The van der Waals surface area contributed by atoms with Gasteiger partial charge < -0.3 is 4.90 Å². The van der Waals surface area contributed by atoms with Gasteiger partial charge in [-0.15, -0.1) is 0 Å². The van der Waals surface area contributed by atoms with Gasteiger partial charge >= 0.3 is 6.18 Å². The Hall–Kier alpha value is -2.44. The van der Waals surface area contributed by atoms with E-state index in [0.717, 1.165) is 6.07 Å². The minimum absolute atomic E-state index is 0.100. The molecular weight excluding hydrogens is 343 g/mol. The van der Waals surface area contributed by atoms with Crippen molar-refractivity contribution >= 4 is 5.91 Å². The summed E-state index contributed by atoms with van der Waals surface area (Å²) in [6.45, 7) is 1.15. The molecule has 136 valence electrons. The summed E-state index contributed by atoms with van der Waals surface area (Å²) in [6.07, 6.45) is 1.47. The number of nitrogens with zero attached hydrogens (tertiary/aromatic N) is 3. The molecule has 0 bridgehead atoms. The second-order valence-corrected chi connectivity index (χ2v) is 7.07. The first-order valence-corrected chi connectivity index (χ1v) is 8.65. The molecule has 1 unspecified atom stereocenters. The molecule has 1 aromatic heterocycles. The smallest absolute Gasteiger partial charge is 0.337 e. The summed E-state index contributed by atoms with van der Waals surface area (Å²) in [6, 6.07) is 5.86. The predicted octanol–water partition coefficient (Wildman–Crippen LogP) is 3.76. The van der Waals surface area contributed by atoms with Gasteiger partial charge in [-0.1, -0.05) is 18.2 Å². The van der Waals surface area contributed by atoms with E-state index in [1.165, 1.54) is 24.7 Å². The molecular formula is C19H18F3N3O. The molecule has 4 rings (SSSR count). The summed E-state index contributed by atoms with van der Waals surface area (Å²) in [5, 5.41) is 0. The van der Waals surface area contributed by atoms with Gasteiger partial charge in [-0.2, -0.15) is 13.2 Å². The van der Waals surface area contributed by atoms with Crippen LogP contribution in [0, 0.1) is 11.8 Å². The number of alkyl halides is 3. The van der Waals surface area contributed by atoms with E-state index < -0.39 is 11.7 Å². The van der Waals surface area contributed by atoms with E-state index >= 15 is 0 Å². The third kappa shape index (κ3) is 3.06. The number of benzene rings is 1. The van der Waals surface area contributed by atoms with Crippen LogP contribution in [0.3, 0.4) is 0 Å². The average molecular weight is 361 g/mol. The summed E-state index contributed by atoms with van der Waals surface area (Å²) in [5.74, 6) is 0.222. The van der Waals surface area contributed by atoms with Crippen molar-refractivity contribution in [2.24, 2.45) is 11.8 Å². The molecule has 2 fully saturated rings. The maximum absolute atomic E-state index is 13.3. The Labute approximate surface area is 149 Å². The molecule has 1 aromatic carbocycles. The number of aromatic nitrogens is 2. The van der Waals surface area contributed by atoms with Gasteiger partial charge in [-0.05, 0) is 42.2 Å². The highest BCUT2D eigenvalue weighted by molar-refractivity contribution is 5.92. The van der Waals surface area contributed by atoms with Crippen LogP contribution in [0.2, 0.25) is 0 Å². The monoisotopic (exact) mass is 361 g/mol. The maximum atomic E-state index is 13.3. The van der Waals surface area contributed by atoms with Gasteiger partial charge in [0.25, 0.3) is 5.91 Å². The van der Waals surface area contributed by atoms with E-state index in [2.05, 4.69) is 9.97 Å². The molecule has 3 atom stereocenters. The molecule has 1 saturated heterocycles. The molecule has 2 aliphatic rings. The minimum Gasteiger partial charge on any atom is -0.337 e. The highest BCUT2D eigenvalue weighted by Gasteiger charge is 2.45. The molecule has 1 aliphatic carbocycles. The first-order valence-electron chi connectivity index (χ1n) is 8.65. The van der Waals surface area contributed by atoms with Gasteiger partial charge in [0.05, 0.1) is 11.8 Å². The summed E-state index contributed by atoms with van der Waals surface area (Å²) in [4.78, 5) is 22.2. The molecule has 0 spiro atoms. The van der Waals surface area contributed by atoms with Gasteiger partial charge in [0.15, 0.2) is 0 Å². The Morgan fingerprint density at radius 1 is 1.08 bits per heavy atom. The van der Waals surface area contributed by atoms with E-state index in [4.69, 9.17) is 0 Å². The summed E-state index contributed by atoms with van der Waals surface area (Å²) in [7, 11) is 0. The molecule has 26 heavy (non-hydrogen) atoms. The van der Waals surface area contributed by atoms with Crippen LogP contribution in [0.25, 0.3) is 0 Å². The zero-order valence-corrected chi connectivity index (χ0v) is 14.0. The molecule has 1 amide bonds. The second kappa shape index (κ2) is 6.37. The number of carbonyl (C=O) groups is 1. The van der Waals surface area contributed by atoms with Crippen LogP contribution in [0.4, 0.5) is 13.2 Å². The fourth-order valence-electron chi connectivity index (χ4n) is 4.40. The van der Waals surface area contributed by atoms with Crippen molar-refractivity contribution in [1.82, 2.24) is 14.9 Å². The second-order valence-electron chi connectivity index (χ2n) is 7.07. The van der Waals surface area contributed by atoms with E-state index in [1.54, 1.807) is 17.0 Å². The Bertz CT molecular complexity index is 795. The summed E-state index contributed by atoms with van der Waals surface area (Å²) in [5.41, 5.74) is 0.171. The molecule has 2 heterocycles. The standard InChI is InChI=1S/C19H18F3N3O/c20-19(21,22)16-4-2-1-3-15(16)12-7-13-10-25(11-14(13)8-12)18(26)17-9-23-5-6-24-17/h1-6,9,12-14H,7-8,10-11H2/t12?,13-,14+. The van der Waals surface area contributed by atoms with Crippen molar-refractivity contribution in [1.29, 1.82) is 0 Å². The fourth-order valence-corrected chi connectivity index (χ4v) is 4.40. The Morgan fingerprint density at radius 2 is 1.77 bits per heavy atom. The number of hydrogen-bond donors (Lipinski definition) is 0. The number of carbonyl (C=O) groups excluding carboxylic acids is 1. The van der Waals surface area contributed by atoms with Crippen LogP contribution in [0.5, 0.6) is 0 Å². The summed E-state index contributed by atoms with van der Waals surface area (Å²) >= 11 is 0. The predicted molar refractivity (Wildman–Crippen MR) is 88.3 cm³/mol. The minimum atomic E-state index is -4.33. The van der Waals surface area contributed by atoms with Crippen molar-refractivity contribution < 1.29 is 18.0 Å². The molecule has 1 aliphatic heterocycles. The van der Waals surface area contributed by atoms with Crippen LogP contribution in [-0.2, 0) is 6.18 Å². The molecule has 1 saturated carbocycles. The lowest BCUT2D eigenvalue weighted by Gasteiger charge is -2.21. The van der Waals surface area contributed by atoms with Crippen molar-refractivity contribution in [2.45, 2.75) is 24.9 Å². The number of halogens is 3. The summed E-state index contributed by atoms with van der Waals surface area (Å²) < 4.78 is 39.8. The number of hydrogen-bond acceptors (Lipinski definition) is 3. The van der Waals surface area contributed by atoms with Crippen LogP contribution in [-0.4, -0.2) is 33.9 Å². The number of rotatable bonds is 2. The molecule has 4 nitrogen and oxygen atoms in total. The molecule has 7 heteroatoms. The van der Waals surface area contributed by atoms with Crippen molar-refractivity contribution in [3.63, 3.8) is 0 Å². The normalized spacial score (nSPS) is 25.3. The topological polar surface area (TPSA) is 46.1 Å². The number of fused-ring (bicyclic) bond motifs is 1. The van der Waals surface area contributed by atoms with E-state index in [9.17, 15) is 18.0 Å². The third-order valence-corrected chi connectivity index (χ3v) is 5.53. The fraction of sp³-hybridized carbons (Fsp3) is 0.421. The first-order chi connectivity index (χ1) is 12.4. The van der Waals surface area contributed by atoms with Crippen molar-refractivity contribution in [3.05, 3.63) is 59.7 Å². The van der Waals surface area contributed by atoms with Gasteiger partial charge in [0, 0.05) is 25.5 Å². The molecule has 2 aromatic rings. The van der Waals surface area contributed by atoms with E-state index in [1.807, 2.05) is 0 Å². The first kappa shape index (κ1) is 17.0. The maximum Gasteiger partial charge on any atom is 0.416 e. The van der Waals surface area contributed by atoms with Crippen molar-refractivity contribution in [2.75, 3.05) is 13.1 Å². The number of likely N-dealkylation sites (tertiary alicyclic amines) is 1. The molecule has 0 N–H and O–H groups in total. The highest BCUT2D eigenvalue weighted by Crippen LogP contribution is 2.48. The van der Waals surface area contributed by atoms with Crippen LogP contribution < -0.4 is 0 Å². The van der Waals surface area contributed by atoms with E-state index in [-0.39, 0.29) is 23.7 Å². The largest absolute Gasteiger partial charge is 0.416 e. The Kier molecular flexibility index (Phi) is 4.17. The van der Waals surface area contributed by atoms with Crippen molar-refractivity contribution in [3.8, 4) is 0 Å². The lowest BCUT2D eigenvalue weighted by molar-refractivity contribution is -0.138. The molecule has 0 radical (unpaired) electrons. The Morgan fingerprint density at radius 3 is 2.38 bits per heavy atom. The lowest BCUT2D eigenvalue weighted by Crippen LogP contribution is -2.30. The highest BCUT2D eigenvalue weighted by atomic mass is 19.4. The zero-order valence-electron chi connectivity index (χ0n) is 14.0. The van der Waals surface area contributed by atoms with Crippen LogP contribution >= 0.6 is 0 Å². The lowest BCUT2D eigenvalue weighted by atomic mass is 9.91. The van der Waals surface area contributed by atoms with Gasteiger partial charge in [-0.3, -0.25) is 9.78 Å². The zero-order chi connectivity index (χ0) is 18.3. The van der Waals surface area contributed by atoms with Crippen LogP contribution in [0.1, 0.15) is 40.4 Å².